The van der Waals surface area contributed by atoms with Crippen molar-refractivity contribution in [1.82, 2.24) is 0 Å². The Morgan fingerprint density at radius 1 is 1.14 bits per heavy atom. The standard InChI is InChI=1S/C5H8O2.C4H8O.C2H4.CH4O.CH2O.CO.CH4.H2O/c1-4(2)5(6)7-3;1-3-4(2)5;4*1-2;;/h1H2,2-3H3;3H2,1-2H3;1-2H2;2H,1H3;1H2;;1H4;1H2. The topological polar surface area (TPSA) is 132 Å². The van der Waals surface area contributed by atoms with Crippen LogP contribution < -0.4 is 0 Å². The zero-order valence-electron chi connectivity index (χ0n) is 13.5. The van der Waals surface area contributed by atoms with Crippen LogP contribution in [0.3, 0.4) is 0 Å². The Labute approximate surface area is 134 Å². The number of esters is 1. The molecule has 0 rings (SSSR count). The molecule has 0 aliphatic carbocycles. The Balaban J connectivity index is -0.0000000195. The second kappa shape index (κ2) is 76.2. The van der Waals surface area contributed by atoms with E-state index in [-0.39, 0.29) is 24.7 Å². The molecule has 0 heterocycles. The first-order valence-electron chi connectivity index (χ1n) is 5.12. The Kier molecular flexibility index (Phi) is 174. The number of methoxy groups -OCH3 is 1. The number of rotatable bonds is 2. The number of hydrogen-bond donors (Lipinski definition) is 1. The summed E-state index contributed by atoms with van der Waals surface area (Å²) in [5, 5.41) is 7.00. The van der Waals surface area contributed by atoms with Gasteiger partial charge in [-0.3, -0.25) is 0 Å². The average Bonchev–Trinajstić information content (AvgIpc) is 2.54. The molecule has 0 aromatic rings. The van der Waals surface area contributed by atoms with Crippen LogP contribution in [0.1, 0.15) is 34.6 Å². The summed E-state index contributed by atoms with van der Waals surface area (Å²) in [5.41, 5.74) is 0.433. The van der Waals surface area contributed by atoms with E-state index in [1.165, 1.54) is 7.11 Å². The molecule has 3 N–H and O–H groups in total. The number of carbonyl (C=O) groups excluding carboxylic acids is 3. The molecule has 0 fully saturated rings. The molecular formula is C15H32O7. The molecule has 0 spiro atoms. The van der Waals surface area contributed by atoms with Crippen LogP contribution in [-0.2, 0) is 23.8 Å². The van der Waals surface area contributed by atoms with Gasteiger partial charge >= 0.3 is 17.3 Å². The monoisotopic (exact) mass is 324 g/mol. The Morgan fingerprint density at radius 3 is 1.32 bits per heavy atom. The summed E-state index contributed by atoms with van der Waals surface area (Å²) in [6.07, 6.45) is 0.667. The summed E-state index contributed by atoms with van der Waals surface area (Å²) >= 11 is 0. The summed E-state index contributed by atoms with van der Waals surface area (Å²) < 4.78 is 11.8. The van der Waals surface area contributed by atoms with Crippen molar-refractivity contribution in [2.45, 2.75) is 34.6 Å². The zero-order valence-corrected chi connectivity index (χ0v) is 13.5. The van der Waals surface area contributed by atoms with Crippen LogP contribution in [0.2, 0.25) is 0 Å². The number of aliphatic hydroxyl groups excluding tert-OH is 1. The molecule has 0 bridgehead atoms. The molecule has 0 aliphatic rings. The number of aliphatic hydroxyl groups is 1. The second-order valence-corrected chi connectivity index (χ2v) is 2.33. The molecule has 0 radical (unpaired) electrons. The summed E-state index contributed by atoms with van der Waals surface area (Å²) in [4.78, 5) is 28.0. The third-order valence-electron chi connectivity index (χ3n) is 1.03. The van der Waals surface area contributed by atoms with E-state index in [0.29, 0.717) is 12.0 Å². The molecule has 0 unspecified atom stereocenters. The molecule has 134 valence electrons. The zero-order chi connectivity index (χ0) is 18.1. The maximum absolute atomic E-state index is 10.2. The van der Waals surface area contributed by atoms with Crippen LogP contribution in [-0.4, -0.2) is 43.3 Å². The first kappa shape index (κ1) is 50.2. The van der Waals surface area contributed by atoms with Crippen LogP contribution in [0, 0.1) is 6.65 Å². The molecule has 0 aromatic heterocycles. The van der Waals surface area contributed by atoms with Gasteiger partial charge in [0.25, 0.3) is 0 Å². The van der Waals surface area contributed by atoms with Crippen molar-refractivity contribution in [3.05, 3.63) is 32.0 Å². The normalized spacial score (nSPS) is 4.91. The van der Waals surface area contributed by atoms with Gasteiger partial charge in [-0.2, -0.15) is 0 Å². The summed E-state index contributed by atoms with van der Waals surface area (Å²) in [5.74, 6) is -0.0926. The van der Waals surface area contributed by atoms with Gasteiger partial charge < -0.3 is 24.9 Å². The number of ketones is 1. The van der Waals surface area contributed by atoms with Gasteiger partial charge in [-0.15, -0.1) is 13.2 Å². The molecule has 0 amide bonds. The van der Waals surface area contributed by atoms with Crippen LogP contribution >= 0.6 is 0 Å². The fraction of sp³-hybridized carbons (Fsp3) is 0.467. The van der Waals surface area contributed by atoms with Crippen molar-refractivity contribution >= 4 is 18.5 Å². The van der Waals surface area contributed by atoms with E-state index in [4.69, 9.17) is 14.6 Å². The van der Waals surface area contributed by atoms with E-state index in [1.54, 1.807) is 13.8 Å². The second-order valence-electron chi connectivity index (χ2n) is 2.33. The van der Waals surface area contributed by atoms with Crippen LogP contribution in [0.4, 0.5) is 0 Å². The fourth-order valence-electron chi connectivity index (χ4n) is 0.174. The third kappa shape index (κ3) is 146. The summed E-state index contributed by atoms with van der Waals surface area (Å²) in [6.45, 7) is 20.9. The van der Waals surface area contributed by atoms with E-state index in [2.05, 4.69) is 31.1 Å². The fourth-order valence-corrected chi connectivity index (χ4v) is 0.174. The quantitative estimate of drug-likeness (QED) is 0.271. The minimum atomic E-state index is -0.347. The number of hydrogen-bond acceptors (Lipinski definition) is 5. The molecule has 0 saturated heterocycles. The molecule has 0 atom stereocenters. The van der Waals surface area contributed by atoms with Gasteiger partial charge in [-0.05, 0) is 13.8 Å². The van der Waals surface area contributed by atoms with Gasteiger partial charge in [-0.1, -0.05) is 20.9 Å². The molecule has 7 nitrogen and oxygen atoms in total. The summed E-state index contributed by atoms with van der Waals surface area (Å²) in [7, 11) is 2.33. The van der Waals surface area contributed by atoms with Crippen LogP contribution in [0.5, 0.6) is 0 Å². The van der Waals surface area contributed by atoms with E-state index in [9.17, 15) is 9.59 Å². The van der Waals surface area contributed by atoms with Gasteiger partial charge in [0.05, 0.1) is 7.11 Å². The first-order valence-corrected chi connectivity index (χ1v) is 5.12. The molecular weight excluding hydrogens is 292 g/mol. The summed E-state index contributed by atoms with van der Waals surface area (Å²) in [6, 6.07) is 0. The van der Waals surface area contributed by atoms with E-state index in [1.807, 2.05) is 13.7 Å². The van der Waals surface area contributed by atoms with Gasteiger partial charge in [0.1, 0.15) is 12.6 Å². The predicted octanol–water partition coefficient (Wildman–Crippen LogP) is 1.72. The number of ether oxygens (including phenoxy) is 1. The predicted molar refractivity (Wildman–Crippen MR) is 88.6 cm³/mol. The third-order valence-corrected chi connectivity index (χ3v) is 1.03. The number of Topliss-reactive ketones (excluding diaryl/α,β-unsaturated/α-hetero) is 1. The van der Waals surface area contributed by atoms with Crippen molar-refractivity contribution in [2.75, 3.05) is 14.2 Å². The maximum atomic E-state index is 10.2. The number of carbonyl (C=O) groups is 3. The van der Waals surface area contributed by atoms with Gasteiger partial charge in [-0.25, -0.2) is 4.79 Å². The van der Waals surface area contributed by atoms with Crippen molar-refractivity contribution in [1.29, 1.82) is 0 Å². The van der Waals surface area contributed by atoms with Crippen molar-refractivity contribution < 1.29 is 34.4 Å². The van der Waals surface area contributed by atoms with Crippen molar-refractivity contribution in [3.63, 3.8) is 0 Å². The van der Waals surface area contributed by atoms with Crippen LogP contribution in [0.15, 0.2) is 25.3 Å². The van der Waals surface area contributed by atoms with Crippen molar-refractivity contribution in [3.8, 4) is 0 Å². The van der Waals surface area contributed by atoms with Gasteiger partial charge in [0.2, 0.25) is 0 Å². The molecule has 0 aromatic carbocycles. The SMILES string of the molecule is C.C=C.C=C(C)C(=O)OC.C=O.CCC(C)=O.CO.O.[C-]#[O+]. The molecule has 0 saturated carbocycles. The Bertz CT molecular complexity index is 233. The Morgan fingerprint density at radius 2 is 1.32 bits per heavy atom. The average molecular weight is 324 g/mol. The Hall–Kier alpha value is -2.05. The van der Waals surface area contributed by atoms with Crippen LogP contribution in [0.25, 0.3) is 0 Å². The van der Waals surface area contributed by atoms with E-state index in [0.717, 1.165) is 7.11 Å². The molecule has 0 aliphatic heterocycles. The van der Waals surface area contributed by atoms with E-state index >= 15 is 0 Å². The minimum absolute atomic E-state index is 0. The van der Waals surface area contributed by atoms with Gasteiger partial charge in [0.15, 0.2) is 0 Å². The first-order chi connectivity index (χ1) is 9.45. The molecule has 7 heteroatoms. The van der Waals surface area contributed by atoms with Gasteiger partial charge in [0, 0.05) is 19.1 Å². The van der Waals surface area contributed by atoms with Crippen molar-refractivity contribution in [2.24, 2.45) is 0 Å². The van der Waals surface area contributed by atoms with E-state index < -0.39 is 0 Å². The molecule has 22 heavy (non-hydrogen) atoms.